The van der Waals surface area contributed by atoms with Gasteiger partial charge in [0, 0.05) is 17.7 Å². The van der Waals surface area contributed by atoms with E-state index in [0.29, 0.717) is 17.9 Å². The number of aromatic amines is 1. The van der Waals surface area contributed by atoms with Crippen molar-refractivity contribution in [2.24, 2.45) is 0 Å². The predicted octanol–water partition coefficient (Wildman–Crippen LogP) is 1.56. The molecule has 7 nitrogen and oxygen atoms in total. The van der Waals surface area contributed by atoms with Crippen LogP contribution in [0.25, 0.3) is 0 Å². The van der Waals surface area contributed by atoms with Crippen LogP contribution in [0.15, 0.2) is 30.6 Å². The standard InChI is InChI=1S/C11H13N5O2/c1-8(12-6-11-13-7-14-15-11)9-4-2-3-5-10(9)16(17)18/h2-5,7-8,12H,6H2,1H3,(H,13,14,15). The summed E-state index contributed by atoms with van der Waals surface area (Å²) in [6.07, 6.45) is 1.42. The van der Waals surface area contributed by atoms with E-state index in [1.165, 1.54) is 12.4 Å². The fourth-order valence-corrected chi connectivity index (χ4v) is 1.70. The maximum atomic E-state index is 10.9. The molecule has 0 spiro atoms. The lowest BCUT2D eigenvalue weighted by Gasteiger charge is -2.13. The van der Waals surface area contributed by atoms with Crippen LogP contribution in [-0.4, -0.2) is 20.1 Å². The molecule has 1 aromatic heterocycles. The van der Waals surface area contributed by atoms with Crippen molar-refractivity contribution in [2.75, 3.05) is 0 Å². The molecular formula is C11H13N5O2. The van der Waals surface area contributed by atoms with Crippen LogP contribution in [0.3, 0.4) is 0 Å². The van der Waals surface area contributed by atoms with Gasteiger partial charge in [-0.3, -0.25) is 15.2 Å². The molecule has 0 amide bonds. The zero-order valence-electron chi connectivity index (χ0n) is 9.83. The van der Waals surface area contributed by atoms with Gasteiger partial charge >= 0.3 is 0 Å². The predicted molar refractivity (Wildman–Crippen MR) is 64.7 cm³/mol. The van der Waals surface area contributed by atoms with Crippen molar-refractivity contribution in [3.05, 3.63) is 52.1 Å². The highest BCUT2D eigenvalue weighted by Gasteiger charge is 2.17. The minimum atomic E-state index is -0.373. The zero-order chi connectivity index (χ0) is 13.0. The topological polar surface area (TPSA) is 96.7 Å². The average Bonchev–Trinajstić information content (AvgIpc) is 2.89. The molecule has 1 atom stereocenters. The molecule has 0 aliphatic rings. The Kier molecular flexibility index (Phi) is 3.63. The van der Waals surface area contributed by atoms with Gasteiger partial charge in [0.15, 0.2) is 0 Å². The molecule has 2 rings (SSSR count). The van der Waals surface area contributed by atoms with Crippen LogP contribution in [0.5, 0.6) is 0 Å². The van der Waals surface area contributed by atoms with E-state index in [1.807, 2.05) is 6.92 Å². The molecule has 1 unspecified atom stereocenters. The average molecular weight is 247 g/mol. The minimum Gasteiger partial charge on any atom is -0.303 e. The summed E-state index contributed by atoms with van der Waals surface area (Å²) < 4.78 is 0. The van der Waals surface area contributed by atoms with E-state index in [0.717, 1.165) is 0 Å². The quantitative estimate of drug-likeness (QED) is 0.617. The number of nitro benzene ring substituents is 1. The third-order valence-corrected chi connectivity index (χ3v) is 2.64. The molecule has 0 saturated carbocycles. The fourth-order valence-electron chi connectivity index (χ4n) is 1.70. The summed E-state index contributed by atoms with van der Waals surface area (Å²) in [6.45, 7) is 2.35. The third-order valence-electron chi connectivity index (χ3n) is 2.64. The van der Waals surface area contributed by atoms with Crippen LogP contribution >= 0.6 is 0 Å². The van der Waals surface area contributed by atoms with Crippen molar-refractivity contribution < 1.29 is 4.92 Å². The summed E-state index contributed by atoms with van der Waals surface area (Å²) in [4.78, 5) is 14.5. The lowest BCUT2D eigenvalue weighted by molar-refractivity contribution is -0.385. The number of aromatic nitrogens is 3. The first-order valence-corrected chi connectivity index (χ1v) is 5.49. The van der Waals surface area contributed by atoms with Crippen molar-refractivity contribution in [3.63, 3.8) is 0 Å². The Morgan fingerprint density at radius 2 is 2.28 bits per heavy atom. The number of rotatable bonds is 5. The van der Waals surface area contributed by atoms with E-state index in [-0.39, 0.29) is 16.7 Å². The van der Waals surface area contributed by atoms with Gasteiger partial charge in [-0.25, -0.2) is 4.98 Å². The van der Waals surface area contributed by atoms with Gasteiger partial charge in [-0.05, 0) is 6.92 Å². The summed E-state index contributed by atoms with van der Waals surface area (Å²) >= 11 is 0. The van der Waals surface area contributed by atoms with Crippen LogP contribution < -0.4 is 5.32 Å². The van der Waals surface area contributed by atoms with E-state index < -0.39 is 0 Å². The van der Waals surface area contributed by atoms with E-state index >= 15 is 0 Å². The first-order chi connectivity index (χ1) is 8.68. The number of nitrogens with one attached hydrogen (secondary N) is 2. The first kappa shape index (κ1) is 12.2. The van der Waals surface area contributed by atoms with E-state index in [1.54, 1.807) is 18.2 Å². The van der Waals surface area contributed by atoms with Gasteiger partial charge in [-0.15, -0.1) is 0 Å². The Bertz CT molecular complexity index is 526. The van der Waals surface area contributed by atoms with Crippen molar-refractivity contribution >= 4 is 5.69 Å². The second kappa shape index (κ2) is 5.37. The highest BCUT2D eigenvalue weighted by Crippen LogP contribution is 2.24. The van der Waals surface area contributed by atoms with Gasteiger partial charge in [0.25, 0.3) is 5.69 Å². The Balaban J connectivity index is 2.09. The van der Waals surface area contributed by atoms with Crippen LogP contribution in [0.4, 0.5) is 5.69 Å². The highest BCUT2D eigenvalue weighted by molar-refractivity contribution is 5.41. The number of hydrogen-bond donors (Lipinski definition) is 2. The van der Waals surface area contributed by atoms with Gasteiger partial charge < -0.3 is 5.32 Å². The van der Waals surface area contributed by atoms with Crippen molar-refractivity contribution in [2.45, 2.75) is 19.5 Å². The van der Waals surface area contributed by atoms with Crippen LogP contribution in [-0.2, 0) is 6.54 Å². The molecule has 0 aliphatic carbocycles. The molecule has 1 heterocycles. The van der Waals surface area contributed by atoms with E-state index in [2.05, 4.69) is 20.5 Å². The third kappa shape index (κ3) is 2.69. The second-order valence-electron chi connectivity index (χ2n) is 3.85. The molecule has 2 aromatic rings. The minimum absolute atomic E-state index is 0.120. The van der Waals surface area contributed by atoms with Gasteiger partial charge in [-0.2, -0.15) is 5.10 Å². The number of para-hydroxylation sites is 1. The largest absolute Gasteiger partial charge is 0.303 e. The maximum Gasteiger partial charge on any atom is 0.274 e. The van der Waals surface area contributed by atoms with Gasteiger partial charge in [-0.1, -0.05) is 18.2 Å². The molecule has 7 heteroatoms. The van der Waals surface area contributed by atoms with E-state index in [9.17, 15) is 10.1 Å². The summed E-state index contributed by atoms with van der Waals surface area (Å²) in [6, 6.07) is 6.55. The lowest BCUT2D eigenvalue weighted by Crippen LogP contribution is -2.19. The number of H-pyrrole nitrogens is 1. The summed E-state index contributed by atoms with van der Waals surface area (Å²) in [7, 11) is 0. The zero-order valence-corrected chi connectivity index (χ0v) is 9.83. The van der Waals surface area contributed by atoms with Crippen LogP contribution in [0, 0.1) is 10.1 Å². The maximum absolute atomic E-state index is 10.9. The Morgan fingerprint density at radius 1 is 1.50 bits per heavy atom. The van der Waals surface area contributed by atoms with Crippen molar-refractivity contribution in [1.29, 1.82) is 0 Å². The molecule has 0 fully saturated rings. The molecule has 2 N–H and O–H groups in total. The summed E-state index contributed by atoms with van der Waals surface area (Å²) in [5, 5.41) is 20.5. The highest BCUT2D eigenvalue weighted by atomic mass is 16.6. The van der Waals surface area contributed by atoms with Crippen LogP contribution in [0.2, 0.25) is 0 Å². The second-order valence-corrected chi connectivity index (χ2v) is 3.85. The fraction of sp³-hybridized carbons (Fsp3) is 0.273. The molecular weight excluding hydrogens is 234 g/mol. The van der Waals surface area contributed by atoms with Crippen LogP contribution in [0.1, 0.15) is 24.4 Å². The van der Waals surface area contributed by atoms with Gasteiger partial charge in [0.1, 0.15) is 12.2 Å². The monoisotopic (exact) mass is 247 g/mol. The SMILES string of the molecule is CC(NCc1ncn[nH]1)c1ccccc1[N+](=O)[O-]. The normalized spacial score (nSPS) is 12.3. The molecule has 94 valence electrons. The Hall–Kier alpha value is -2.28. The summed E-state index contributed by atoms with van der Waals surface area (Å²) in [5.74, 6) is 0.695. The summed E-state index contributed by atoms with van der Waals surface area (Å²) in [5.41, 5.74) is 0.775. The molecule has 0 bridgehead atoms. The van der Waals surface area contributed by atoms with Crippen molar-refractivity contribution in [1.82, 2.24) is 20.5 Å². The van der Waals surface area contributed by atoms with Crippen molar-refractivity contribution in [3.8, 4) is 0 Å². The smallest absolute Gasteiger partial charge is 0.274 e. The lowest BCUT2D eigenvalue weighted by atomic mass is 10.1. The Labute approximate surface area is 103 Å². The van der Waals surface area contributed by atoms with Gasteiger partial charge in [0.05, 0.1) is 11.5 Å². The first-order valence-electron chi connectivity index (χ1n) is 5.49. The number of benzene rings is 1. The Morgan fingerprint density at radius 3 is 2.94 bits per heavy atom. The number of hydrogen-bond acceptors (Lipinski definition) is 5. The molecule has 18 heavy (non-hydrogen) atoms. The number of nitro groups is 1. The molecule has 1 aromatic carbocycles. The molecule has 0 aliphatic heterocycles. The molecule has 0 saturated heterocycles. The number of nitrogens with zero attached hydrogens (tertiary/aromatic N) is 3. The van der Waals surface area contributed by atoms with E-state index in [4.69, 9.17) is 0 Å². The molecule has 0 radical (unpaired) electrons. The van der Waals surface area contributed by atoms with Gasteiger partial charge in [0.2, 0.25) is 0 Å².